The van der Waals surface area contributed by atoms with E-state index in [4.69, 9.17) is 9.72 Å². The second-order valence-corrected chi connectivity index (χ2v) is 14.7. The van der Waals surface area contributed by atoms with Crippen molar-refractivity contribution in [3.8, 4) is 5.75 Å². The Morgan fingerprint density at radius 3 is 2.47 bits per heavy atom. The first-order valence-electron chi connectivity index (χ1n) is 16.7. The third-order valence-corrected chi connectivity index (χ3v) is 9.70. The predicted octanol–water partition coefficient (Wildman–Crippen LogP) is 3.05. The van der Waals surface area contributed by atoms with Crippen molar-refractivity contribution in [2.75, 3.05) is 42.9 Å². The monoisotopic (exact) mass is 649 g/mol. The molecule has 4 aliphatic rings. The minimum atomic E-state index is -1.10. The van der Waals surface area contributed by atoms with Gasteiger partial charge in [0.25, 0.3) is 5.91 Å². The van der Waals surface area contributed by atoms with Crippen molar-refractivity contribution >= 4 is 29.7 Å². The molecule has 3 fully saturated rings. The van der Waals surface area contributed by atoms with Gasteiger partial charge in [-0.1, -0.05) is 6.07 Å². The van der Waals surface area contributed by atoms with Crippen molar-refractivity contribution < 1.29 is 29.3 Å². The summed E-state index contributed by atoms with van der Waals surface area (Å²) in [6.45, 7) is 10.2. The molecule has 1 aromatic heterocycles. The summed E-state index contributed by atoms with van der Waals surface area (Å²) in [5, 5.41) is 27.7. The molecule has 2 saturated heterocycles. The number of amides is 3. The van der Waals surface area contributed by atoms with Gasteiger partial charge in [-0.25, -0.2) is 9.78 Å². The molecule has 6 rings (SSSR count). The first-order valence-corrected chi connectivity index (χ1v) is 16.7. The number of anilines is 2. The zero-order valence-corrected chi connectivity index (χ0v) is 27.8. The van der Waals surface area contributed by atoms with E-state index < -0.39 is 29.7 Å². The highest BCUT2D eigenvalue weighted by Crippen LogP contribution is 2.49. The quantitative estimate of drug-likeness (QED) is 0.351. The third-order valence-electron chi connectivity index (χ3n) is 9.70. The fourth-order valence-corrected chi connectivity index (χ4v) is 7.28. The summed E-state index contributed by atoms with van der Waals surface area (Å²) in [7, 11) is 0. The Kier molecular flexibility index (Phi) is 8.94. The molecule has 1 spiro atoms. The van der Waals surface area contributed by atoms with Gasteiger partial charge in [-0.3, -0.25) is 14.5 Å². The summed E-state index contributed by atoms with van der Waals surface area (Å²) < 4.78 is 5.65. The Hall–Kier alpha value is -4.13. The highest BCUT2D eigenvalue weighted by Gasteiger charge is 2.53. The van der Waals surface area contributed by atoms with E-state index in [2.05, 4.69) is 20.5 Å². The standard InChI is InChI=1S/C34H47N7O6/c1-21(42)40-19-34(20-40)15-24(16-34)36-29-14-26(37-31(38-29)39-10-6-5-7-11-39)30(45)35-17-28(44)27-13-22-8-9-25(43)12-23(22)18-41(27)32(46)47-33(2,3)4/h8-9,12,14,24,27-28,43-44H,5-7,10-11,13,15-20H2,1-4H3,(H,35,45)(H,36,37,38)/t27-,28+/m0/s1. The van der Waals surface area contributed by atoms with Crippen LogP contribution >= 0.6 is 0 Å². The summed E-state index contributed by atoms with van der Waals surface area (Å²) in [6.07, 6.45) is 3.74. The first-order chi connectivity index (χ1) is 22.3. The molecular formula is C34H47N7O6. The number of fused-ring (bicyclic) bond motifs is 1. The summed E-state index contributed by atoms with van der Waals surface area (Å²) in [5.41, 5.74) is 1.32. The van der Waals surface area contributed by atoms with E-state index in [1.54, 1.807) is 52.0 Å². The largest absolute Gasteiger partial charge is 0.508 e. The van der Waals surface area contributed by atoms with Crippen molar-refractivity contribution in [1.29, 1.82) is 0 Å². The molecule has 3 aliphatic heterocycles. The minimum Gasteiger partial charge on any atom is -0.508 e. The number of piperidine rings is 1. The number of hydrogen-bond donors (Lipinski definition) is 4. The molecule has 1 aromatic carbocycles. The average Bonchev–Trinajstić information content (AvgIpc) is 2.98. The molecule has 0 radical (unpaired) electrons. The molecule has 47 heavy (non-hydrogen) atoms. The van der Waals surface area contributed by atoms with E-state index in [9.17, 15) is 24.6 Å². The first kappa shape index (κ1) is 32.8. The van der Waals surface area contributed by atoms with Crippen molar-refractivity contribution in [2.45, 2.75) is 96.6 Å². The van der Waals surface area contributed by atoms with Crippen LogP contribution in [0, 0.1) is 5.41 Å². The molecule has 2 atom stereocenters. The number of aliphatic hydroxyl groups is 1. The maximum absolute atomic E-state index is 13.6. The maximum Gasteiger partial charge on any atom is 0.410 e. The maximum atomic E-state index is 13.6. The summed E-state index contributed by atoms with van der Waals surface area (Å²) in [5.74, 6) is 0.849. The van der Waals surface area contributed by atoms with Gasteiger partial charge in [-0.05, 0) is 82.6 Å². The summed E-state index contributed by atoms with van der Waals surface area (Å²) in [6, 6.07) is 6.18. The van der Waals surface area contributed by atoms with E-state index in [1.807, 2.05) is 4.90 Å². The topological polar surface area (TPSA) is 160 Å². The second kappa shape index (κ2) is 12.8. The number of likely N-dealkylation sites (tertiary alicyclic amines) is 1. The van der Waals surface area contributed by atoms with Crippen LogP contribution in [0.2, 0.25) is 0 Å². The lowest BCUT2D eigenvalue weighted by molar-refractivity contribution is -0.148. The molecule has 0 bridgehead atoms. The van der Waals surface area contributed by atoms with Crippen LogP contribution in [0.25, 0.3) is 0 Å². The highest BCUT2D eigenvalue weighted by atomic mass is 16.6. The van der Waals surface area contributed by atoms with Gasteiger partial charge in [0.05, 0.1) is 12.1 Å². The second-order valence-electron chi connectivity index (χ2n) is 14.7. The molecule has 4 N–H and O–H groups in total. The Bertz CT molecular complexity index is 1510. The number of hydrogen-bond acceptors (Lipinski definition) is 10. The van der Waals surface area contributed by atoms with Crippen LogP contribution in [-0.2, 0) is 22.5 Å². The Morgan fingerprint density at radius 1 is 1.06 bits per heavy atom. The highest BCUT2D eigenvalue weighted by molar-refractivity contribution is 5.93. The number of aromatic nitrogens is 2. The van der Waals surface area contributed by atoms with Crippen molar-refractivity contribution in [3.05, 3.63) is 41.1 Å². The smallest absolute Gasteiger partial charge is 0.410 e. The summed E-state index contributed by atoms with van der Waals surface area (Å²) >= 11 is 0. The molecule has 1 saturated carbocycles. The lowest BCUT2D eigenvalue weighted by Gasteiger charge is -2.59. The number of nitrogens with zero attached hydrogens (tertiary/aromatic N) is 5. The van der Waals surface area contributed by atoms with Crippen molar-refractivity contribution in [3.63, 3.8) is 0 Å². The van der Waals surface area contributed by atoms with Gasteiger partial charge in [0.1, 0.15) is 22.9 Å². The Labute approximate surface area is 275 Å². The van der Waals surface area contributed by atoms with Gasteiger partial charge in [0.2, 0.25) is 11.9 Å². The number of carbonyl (C=O) groups excluding carboxylic acids is 3. The molecule has 13 nitrogen and oxygen atoms in total. The predicted molar refractivity (Wildman–Crippen MR) is 175 cm³/mol. The minimum absolute atomic E-state index is 0.0984. The zero-order valence-electron chi connectivity index (χ0n) is 27.8. The number of phenolic OH excluding ortho intramolecular Hbond substituents is 1. The number of ether oxygens (including phenoxy) is 1. The van der Waals surface area contributed by atoms with Crippen LogP contribution in [0.4, 0.5) is 16.6 Å². The normalized spacial score (nSPS) is 21.3. The Morgan fingerprint density at radius 2 is 1.79 bits per heavy atom. The van der Waals surface area contributed by atoms with Gasteiger partial charge >= 0.3 is 6.09 Å². The number of nitrogens with one attached hydrogen (secondary N) is 2. The average molecular weight is 650 g/mol. The third kappa shape index (κ3) is 7.39. The van der Waals surface area contributed by atoms with E-state index in [-0.39, 0.29) is 41.9 Å². The zero-order chi connectivity index (χ0) is 33.5. The van der Waals surface area contributed by atoms with Gasteiger partial charge in [-0.15, -0.1) is 0 Å². The number of rotatable bonds is 7. The SMILES string of the molecule is CC(=O)N1CC2(CC(Nc3cc(C(=O)NC[C@@H](O)[C@@H]4Cc5ccc(O)cc5CN4C(=O)OC(C)(C)C)nc(N4CCCCC4)n3)C2)C1. The molecule has 3 amide bonds. The number of benzene rings is 1. The number of phenols is 1. The van der Waals surface area contributed by atoms with Crippen LogP contribution in [-0.4, -0.2) is 104 Å². The van der Waals surface area contributed by atoms with Gasteiger partial charge < -0.3 is 35.4 Å². The van der Waals surface area contributed by atoms with Crippen LogP contribution in [0.1, 0.15) is 81.4 Å². The van der Waals surface area contributed by atoms with Gasteiger partial charge in [-0.2, -0.15) is 4.98 Å². The number of aromatic hydroxyl groups is 1. The van der Waals surface area contributed by atoms with Gasteiger partial charge in [0.15, 0.2) is 0 Å². The molecule has 1 aliphatic carbocycles. The lowest BCUT2D eigenvalue weighted by atomic mass is 9.60. The van der Waals surface area contributed by atoms with Crippen LogP contribution in [0.5, 0.6) is 5.75 Å². The molecule has 0 unspecified atom stereocenters. The number of aliphatic hydroxyl groups excluding tert-OH is 1. The molecular weight excluding hydrogens is 602 g/mol. The van der Waals surface area contributed by atoms with E-state index >= 15 is 0 Å². The molecule has 4 heterocycles. The fraction of sp³-hybridized carbons (Fsp3) is 0.618. The molecule has 254 valence electrons. The fourth-order valence-electron chi connectivity index (χ4n) is 7.28. The molecule has 2 aromatic rings. The van der Waals surface area contributed by atoms with E-state index in [0.717, 1.165) is 69.4 Å². The lowest BCUT2D eigenvalue weighted by Crippen LogP contribution is -2.65. The summed E-state index contributed by atoms with van der Waals surface area (Å²) in [4.78, 5) is 53.3. The van der Waals surface area contributed by atoms with E-state index in [1.165, 1.54) is 4.90 Å². The van der Waals surface area contributed by atoms with Crippen LogP contribution in [0.15, 0.2) is 24.3 Å². The van der Waals surface area contributed by atoms with Crippen molar-refractivity contribution in [2.24, 2.45) is 5.41 Å². The van der Waals surface area contributed by atoms with E-state index in [0.29, 0.717) is 18.2 Å². The molecule has 13 heteroatoms. The Balaban J connectivity index is 1.14. The van der Waals surface area contributed by atoms with Crippen LogP contribution in [0.3, 0.4) is 0 Å². The number of carbonyl (C=O) groups is 3. The van der Waals surface area contributed by atoms with Crippen molar-refractivity contribution in [1.82, 2.24) is 25.1 Å². The van der Waals surface area contributed by atoms with Crippen LogP contribution < -0.4 is 15.5 Å². The van der Waals surface area contributed by atoms with Gasteiger partial charge in [0, 0.05) is 63.7 Å².